The molecule has 0 spiro atoms. The molecule has 3 aromatic rings. The monoisotopic (exact) mass is 373 g/mol. The van der Waals surface area contributed by atoms with Crippen LogP contribution < -0.4 is 15.0 Å². The first-order valence-electron chi connectivity index (χ1n) is 8.20. The predicted octanol–water partition coefficient (Wildman–Crippen LogP) is 2.02. The van der Waals surface area contributed by atoms with E-state index in [2.05, 4.69) is 15.5 Å². The molecule has 8 heteroatoms. The SMILES string of the molecule is COc1cccc(NC(=O)C[NH+](C)[C@@H](C)c2nnc(-c3cccs3)o2)c1. The molecule has 2 atom stereocenters. The first-order valence-corrected chi connectivity index (χ1v) is 9.08. The standard InChI is InChI=1S/C18H20N4O3S/c1-12(17-20-21-18(25-17)15-8-5-9-26-15)22(2)11-16(23)19-13-6-4-7-14(10-13)24-3/h4-10,12H,11H2,1-3H3,(H,19,23)/p+1/t12-/m0/s1. The summed E-state index contributed by atoms with van der Waals surface area (Å²) in [6.07, 6.45) is 0. The minimum Gasteiger partial charge on any atom is -0.497 e. The number of benzene rings is 1. The van der Waals surface area contributed by atoms with E-state index in [0.717, 1.165) is 9.78 Å². The van der Waals surface area contributed by atoms with Gasteiger partial charge in [0.1, 0.15) is 5.75 Å². The molecule has 2 aromatic heterocycles. The van der Waals surface area contributed by atoms with Crippen LogP contribution in [0.15, 0.2) is 46.2 Å². The number of ether oxygens (including phenoxy) is 1. The molecule has 0 fully saturated rings. The number of likely N-dealkylation sites (N-methyl/N-ethyl adjacent to an activating group) is 1. The van der Waals surface area contributed by atoms with Crippen molar-refractivity contribution in [3.05, 3.63) is 47.7 Å². The maximum atomic E-state index is 12.3. The Morgan fingerprint density at radius 1 is 1.35 bits per heavy atom. The summed E-state index contributed by atoms with van der Waals surface area (Å²) in [7, 11) is 3.51. The number of rotatable bonds is 7. The zero-order valence-corrected chi connectivity index (χ0v) is 15.7. The van der Waals surface area contributed by atoms with E-state index in [0.29, 0.717) is 23.2 Å². The molecule has 0 radical (unpaired) electrons. The Bertz CT molecular complexity index is 863. The van der Waals surface area contributed by atoms with Crippen molar-refractivity contribution in [3.63, 3.8) is 0 Å². The van der Waals surface area contributed by atoms with Gasteiger partial charge in [-0.3, -0.25) is 4.79 Å². The summed E-state index contributed by atoms with van der Waals surface area (Å²) in [4.78, 5) is 14.2. The maximum absolute atomic E-state index is 12.3. The lowest BCUT2D eigenvalue weighted by molar-refractivity contribution is -0.903. The molecule has 136 valence electrons. The Morgan fingerprint density at radius 2 is 2.19 bits per heavy atom. The van der Waals surface area contributed by atoms with Crippen molar-refractivity contribution in [1.29, 1.82) is 0 Å². The van der Waals surface area contributed by atoms with Gasteiger partial charge < -0.3 is 19.4 Å². The number of hydrogen-bond donors (Lipinski definition) is 2. The summed E-state index contributed by atoms with van der Waals surface area (Å²) >= 11 is 1.55. The molecular weight excluding hydrogens is 352 g/mol. The number of hydrogen-bond acceptors (Lipinski definition) is 6. The molecule has 1 aromatic carbocycles. The van der Waals surface area contributed by atoms with Crippen LogP contribution in [0.5, 0.6) is 5.75 Å². The highest BCUT2D eigenvalue weighted by Gasteiger charge is 2.24. The second-order valence-electron chi connectivity index (χ2n) is 5.95. The molecule has 0 aliphatic carbocycles. The lowest BCUT2D eigenvalue weighted by Gasteiger charge is -2.18. The number of methoxy groups -OCH3 is 1. The summed E-state index contributed by atoms with van der Waals surface area (Å²) in [6, 6.07) is 11.0. The number of aromatic nitrogens is 2. The van der Waals surface area contributed by atoms with Gasteiger partial charge in [0.2, 0.25) is 0 Å². The summed E-state index contributed by atoms with van der Waals surface area (Å²) in [6.45, 7) is 2.23. The van der Waals surface area contributed by atoms with Gasteiger partial charge in [-0.1, -0.05) is 12.1 Å². The van der Waals surface area contributed by atoms with Crippen molar-refractivity contribution in [2.45, 2.75) is 13.0 Å². The first-order chi connectivity index (χ1) is 12.6. The van der Waals surface area contributed by atoms with E-state index < -0.39 is 0 Å². The fraction of sp³-hybridized carbons (Fsp3) is 0.278. The Hall–Kier alpha value is -2.71. The maximum Gasteiger partial charge on any atom is 0.279 e. The minimum absolute atomic E-state index is 0.0967. The molecule has 1 amide bonds. The van der Waals surface area contributed by atoms with Crippen molar-refractivity contribution < 1.29 is 18.8 Å². The molecule has 0 saturated heterocycles. The fourth-order valence-electron chi connectivity index (χ4n) is 2.43. The predicted molar refractivity (Wildman–Crippen MR) is 99.4 cm³/mol. The third-order valence-corrected chi connectivity index (χ3v) is 4.93. The van der Waals surface area contributed by atoms with Gasteiger partial charge in [-0.2, -0.15) is 0 Å². The van der Waals surface area contributed by atoms with Crippen LogP contribution in [-0.2, 0) is 4.79 Å². The number of carbonyl (C=O) groups excluding carboxylic acids is 1. The van der Waals surface area contributed by atoms with E-state index in [9.17, 15) is 4.79 Å². The summed E-state index contributed by atoms with van der Waals surface area (Å²) in [5.74, 6) is 1.62. The van der Waals surface area contributed by atoms with Crippen molar-refractivity contribution in [1.82, 2.24) is 10.2 Å². The van der Waals surface area contributed by atoms with E-state index in [-0.39, 0.29) is 18.5 Å². The van der Waals surface area contributed by atoms with Crippen molar-refractivity contribution >= 4 is 22.9 Å². The van der Waals surface area contributed by atoms with E-state index in [1.807, 2.05) is 49.7 Å². The topological polar surface area (TPSA) is 81.7 Å². The summed E-state index contributed by atoms with van der Waals surface area (Å²) in [5.41, 5.74) is 0.701. The largest absolute Gasteiger partial charge is 0.497 e. The molecule has 26 heavy (non-hydrogen) atoms. The van der Waals surface area contributed by atoms with Crippen LogP contribution in [0.2, 0.25) is 0 Å². The van der Waals surface area contributed by atoms with Crippen LogP contribution in [0.3, 0.4) is 0 Å². The van der Waals surface area contributed by atoms with Gasteiger partial charge in [0.05, 0.1) is 19.0 Å². The summed E-state index contributed by atoms with van der Waals surface area (Å²) < 4.78 is 10.9. The Kier molecular flexibility index (Phi) is 5.65. The van der Waals surface area contributed by atoms with E-state index in [1.54, 1.807) is 24.5 Å². The highest BCUT2D eigenvalue weighted by molar-refractivity contribution is 7.13. The van der Waals surface area contributed by atoms with Gasteiger partial charge in [-0.05, 0) is 30.5 Å². The van der Waals surface area contributed by atoms with Crippen molar-refractivity contribution in [3.8, 4) is 16.5 Å². The highest BCUT2D eigenvalue weighted by atomic mass is 32.1. The van der Waals surface area contributed by atoms with Crippen molar-refractivity contribution in [2.24, 2.45) is 0 Å². The first kappa shape index (κ1) is 18.1. The van der Waals surface area contributed by atoms with Gasteiger partial charge in [-0.15, -0.1) is 21.5 Å². The van der Waals surface area contributed by atoms with Gasteiger partial charge in [0.25, 0.3) is 17.7 Å². The van der Waals surface area contributed by atoms with Crippen LogP contribution >= 0.6 is 11.3 Å². The van der Waals surface area contributed by atoms with Crippen molar-refractivity contribution in [2.75, 3.05) is 26.0 Å². The Balaban J connectivity index is 1.60. The van der Waals surface area contributed by atoms with Gasteiger partial charge in [0.15, 0.2) is 12.6 Å². The molecule has 7 nitrogen and oxygen atoms in total. The molecule has 0 aliphatic heterocycles. The lowest BCUT2D eigenvalue weighted by atomic mass is 10.2. The zero-order valence-electron chi connectivity index (χ0n) is 14.9. The normalized spacial score (nSPS) is 13.2. The quantitative estimate of drug-likeness (QED) is 0.662. The lowest BCUT2D eigenvalue weighted by Crippen LogP contribution is -3.10. The second-order valence-corrected chi connectivity index (χ2v) is 6.90. The van der Waals surface area contributed by atoms with Crippen LogP contribution in [0, 0.1) is 0 Å². The van der Waals surface area contributed by atoms with Gasteiger partial charge >= 0.3 is 0 Å². The number of amides is 1. The molecule has 0 saturated carbocycles. The molecule has 0 aliphatic rings. The smallest absolute Gasteiger partial charge is 0.279 e. The van der Waals surface area contributed by atoms with Crippen LogP contribution in [-0.4, -0.2) is 36.8 Å². The molecule has 0 bridgehead atoms. The van der Waals surface area contributed by atoms with Crippen LogP contribution in [0.4, 0.5) is 5.69 Å². The molecule has 1 unspecified atom stereocenters. The van der Waals surface area contributed by atoms with E-state index in [1.165, 1.54) is 0 Å². The number of anilines is 1. The van der Waals surface area contributed by atoms with Crippen LogP contribution in [0.1, 0.15) is 18.9 Å². The number of carbonyl (C=O) groups is 1. The minimum atomic E-state index is -0.104. The van der Waals surface area contributed by atoms with Crippen LogP contribution in [0.25, 0.3) is 10.8 Å². The Labute approximate surface area is 155 Å². The van der Waals surface area contributed by atoms with Gasteiger partial charge in [-0.25, -0.2) is 0 Å². The third-order valence-electron chi connectivity index (χ3n) is 4.08. The third kappa shape index (κ3) is 4.27. The van der Waals surface area contributed by atoms with E-state index >= 15 is 0 Å². The zero-order chi connectivity index (χ0) is 18.5. The molecule has 2 heterocycles. The number of nitrogens with one attached hydrogen (secondary N) is 2. The molecule has 2 N–H and O–H groups in total. The second kappa shape index (κ2) is 8.11. The number of thiophene rings is 1. The molecular formula is C18H21N4O3S+. The average molecular weight is 373 g/mol. The molecule has 3 rings (SSSR count). The average Bonchev–Trinajstić information content (AvgIpc) is 3.32. The number of quaternary nitrogens is 1. The van der Waals surface area contributed by atoms with Gasteiger partial charge in [0, 0.05) is 11.8 Å². The highest BCUT2D eigenvalue weighted by Crippen LogP contribution is 2.24. The number of nitrogens with zero attached hydrogens (tertiary/aromatic N) is 2. The van der Waals surface area contributed by atoms with E-state index in [4.69, 9.17) is 9.15 Å². The fourth-order valence-corrected chi connectivity index (χ4v) is 3.08. The Morgan fingerprint density at radius 3 is 2.92 bits per heavy atom. The summed E-state index contributed by atoms with van der Waals surface area (Å²) in [5, 5.41) is 13.1.